The fraction of sp³-hybridized carbons (Fsp3) is 0.192. The second-order valence-electron chi connectivity index (χ2n) is 8.28. The number of hydrogen-bond donors (Lipinski definition) is 1. The highest BCUT2D eigenvalue weighted by Crippen LogP contribution is 2.54. The Bertz CT molecular complexity index is 1320. The van der Waals surface area contributed by atoms with E-state index in [1.54, 1.807) is 53.4 Å². The predicted octanol–water partition coefficient (Wildman–Crippen LogP) is 5.16. The lowest BCUT2D eigenvalue weighted by Crippen LogP contribution is -2.70. The molecule has 0 aromatic heterocycles. The molecule has 2 fully saturated rings. The Kier molecular flexibility index (Phi) is 4.68. The van der Waals surface area contributed by atoms with Crippen LogP contribution in [0.4, 0.5) is 27.5 Å². The van der Waals surface area contributed by atoms with Gasteiger partial charge in [-0.05, 0) is 42.8 Å². The fourth-order valence-corrected chi connectivity index (χ4v) is 4.63. The van der Waals surface area contributed by atoms with Crippen LogP contribution in [0, 0.1) is 20.1 Å². The largest absolute Gasteiger partial charge is 0.376 e. The zero-order valence-electron chi connectivity index (χ0n) is 17.9. The van der Waals surface area contributed by atoms with Gasteiger partial charge in [0.25, 0.3) is 0 Å². The van der Waals surface area contributed by atoms with Gasteiger partial charge in [-0.1, -0.05) is 48.0 Å². The molecular weight excluding hydrogens is 416 g/mol. The summed E-state index contributed by atoms with van der Waals surface area (Å²) in [7, 11) is 0. The van der Waals surface area contributed by atoms with Crippen LogP contribution in [0.15, 0.2) is 72.8 Å². The van der Waals surface area contributed by atoms with Gasteiger partial charge in [-0.25, -0.2) is 14.5 Å². The van der Waals surface area contributed by atoms with E-state index in [9.17, 15) is 9.90 Å². The molecule has 3 aromatic rings. The van der Waals surface area contributed by atoms with Crippen LogP contribution in [-0.4, -0.2) is 29.9 Å². The quantitative estimate of drug-likeness (QED) is 0.577. The average Bonchev–Trinajstić information content (AvgIpc) is 3.04. The third-order valence-corrected chi connectivity index (χ3v) is 6.37. The molecule has 7 nitrogen and oxygen atoms in total. The minimum absolute atomic E-state index is 0.127. The summed E-state index contributed by atoms with van der Waals surface area (Å²) in [6.45, 7) is 16.9. The maximum Gasteiger partial charge on any atom is 0.332 e. The van der Waals surface area contributed by atoms with Gasteiger partial charge in [0, 0.05) is 11.4 Å². The Morgan fingerprint density at radius 1 is 0.879 bits per heavy atom. The summed E-state index contributed by atoms with van der Waals surface area (Å²) >= 11 is 0. The van der Waals surface area contributed by atoms with Gasteiger partial charge in [0.2, 0.25) is 0 Å². The first-order valence-electron chi connectivity index (χ1n) is 10.4. The maximum absolute atomic E-state index is 14.0. The van der Waals surface area contributed by atoms with Gasteiger partial charge in [-0.2, -0.15) is 0 Å². The van der Waals surface area contributed by atoms with Crippen molar-refractivity contribution in [3.63, 3.8) is 0 Å². The summed E-state index contributed by atoms with van der Waals surface area (Å²) in [5.74, 6) is 0. The van der Waals surface area contributed by atoms with Crippen molar-refractivity contribution in [1.82, 2.24) is 0 Å². The fourth-order valence-electron chi connectivity index (χ4n) is 4.63. The first kappa shape index (κ1) is 20.7. The highest BCUT2D eigenvalue weighted by Gasteiger charge is 2.72. The van der Waals surface area contributed by atoms with Crippen LogP contribution < -0.4 is 9.80 Å². The average molecular weight is 436 g/mol. The molecule has 162 valence electrons. The zero-order valence-corrected chi connectivity index (χ0v) is 17.9. The van der Waals surface area contributed by atoms with E-state index >= 15 is 0 Å². The van der Waals surface area contributed by atoms with Crippen molar-refractivity contribution in [2.24, 2.45) is 0 Å². The van der Waals surface area contributed by atoms with E-state index in [2.05, 4.69) is 9.69 Å². The number of rotatable bonds is 3. The lowest BCUT2D eigenvalue weighted by Gasteiger charge is -2.52. The molecular formula is C26H20N4O3. The SMILES string of the molecule is [C-]#[N+]c1ccc(N2C(=O)N(c3ccc(C)cc3)C3(COC3)C2(O)c2cccc([N+]#[C-])c2)cc1. The number of carbonyl (C=O) groups excluding carboxylic acids is 1. The monoisotopic (exact) mass is 436 g/mol. The van der Waals surface area contributed by atoms with Crippen LogP contribution >= 0.6 is 0 Å². The minimum Gasteiger partial charge on any atom is -0.376 e. The molecule has 7 heteroatoms. The van der Waals surface area contributed by atoms with E-state index in [-0.39, 0.29) is 13.2 Å². The lowest BCUT2D eigenvalue weighted by atomic mass is 9.78. The topological polar surface area (TPSA) is 61.7 Å². The van der Waals surface area contributed by atoms with Crippen LogP contribution in [0.25, 0.3) is 9.69 Å². The van der Waals surface area contributed by atoms with Crippen molar-refractivity contribution in [2.75, 3.05) is 23.0 Å². The third-order valence-electron chi connectivity index (χ3n) is 6.37. The van der Waals surface area contributed by atoms with Crippen molar-refractivity contribution in [2.45, 2.75) is 18.2 Å². The smallest absolute Gasteiger partial charge is 0.332 e. The summed E-state index contributed by atoms with van der Waals surface area (Å²) in [5.41, 5.74) is 0.457. The normalized spacial score (nSPS) is 20.9. The molecule has 2 heterocycles. The summed E-state index contributed by atoms with van der Waals surface area (Å²) in [6, 6.07) is 20.4. The number of hydrogen-bond acceptors (Lipinski definition) is 3. The van der Waals surface area contributed by atoms with Crippen LogP contribution in [-0.2, 0) is 10.5 Å². The second kappa shape index (κ2) is 7.46. The molecule has 2 saturated heterocycles. The molecule has 0 radical (unpaired) electrons. The number of aryl methyl sites for hydroxylation is 1. The molecule has 0 saturated carbocycles. The molecule has 1 unspecified atom stereocenters. The van der Waals surface area contributed by atoms with Crippen molar-refractivity contribution in [1.29, 1.82) is 0 Å². The van der Waals surface area contributed by atoms with Gasteiger partial charge in [0.15, 0.2) is 17.1 Å². The highest BCUT2D eigenvalue weighted by molar-refractivity contribution is 6.10. The van der Waals surface area contributed by atoms with Gasteiger partial charge in [-0.3, -0.25) is 9.80 Å². The number of carbonyl (C=O) groups is 1. The van der Waals surface area contributed by atoms with Gasteiger partial charge >= 0.3 is 6.03 Å². The molecule has 0 bridgehead atoms. The lowest BCUT2D eigenvalue weighted by molar-refractivity contribution is -0.153. The Balaban J connectivity index is 1.76. The van der Waals surface area contributed by atoms with E-state index < -0.39 is 17.3 Å². The Labute approximate surface area is 191 Å². The molecule has 2 aliphatic heterocycles. The number of anilines is 2. The van der Waals surface area contributed by atoms with Gasteiger partial charge in [0.1, 0.15) is 5.54 Å². The van der Waals surface area contributed by atoms with E-state index in [0.29, 0.717) is 28.3 Å². The summed E-state index contributed by atoms with van der Waals surface area (Å²) < 4.78 is 5.60. The number of aliphatic hydroxyl groups is 1. The Morgan fingerprint density at radius 3 is 2.06 bits per heavy atom. The van der Waals surface area contributed by atoms with E-state index in [4.69, 9.17) is 17.9 Å². The summed E-state index contributed by atoms with van der Waals surface area (Å²) in [5, 5.41) is 12.5. The van der Waals surface area contributed by atoms with Gasteiger partial charge in [-0.15, -0.1) is 0 Å². The highest BCUT2D eigenvalue weighted by atomic mass is 16.5. The maximum atomic E-state index is 14.0. The molecule has 1 atom stereocenters. The molecule has 3 aromatic carbocycles. The van der Waals surface area contributed by atoms with Crippen molar-refractivity contribution >= 4 is 28.8 Å². The molecule has 1 N–H and O–H groups in total. The molecule has 1 spiro atoms. The Morgan fingerprint density at radius 2 is 1.48 bits per heavy atom. The molecule has 2 amide bonds. The van der Waals surface area contributed by atoms with E-state index in [0.717, 1.165) is 5.56 Å². The molecule has 5 rings (SSSR count). The van der Waals surface area contributed by atoms with Gasteiger partial charge < -0.3 is 9.84 Å². The van der Waals surface area contributed by atoms with E-state index in [1.165, 1.54) is 4.90 Å². The van der Waals surface area contributed by atoms with Crippen LogP contribution in [0.3, 0.4) is 0 Å². The Hall–Kier alpha value is -4.17. The predicted molar refractivity (Wildman–Crippen MR) is 124 cm³/mol. The van der Waals surface area contributed by atoms with Crippen LogP contribution in [0.2, 0.25) is 0 Å². The van der Waals surface area contributed by atoms with Crippen molar-refractivity contribution in [3.05, 3.63) is 107 Å². The zero-order chi connectivity index (χ0) is 23.2. The van der Waals surface area contributed by atoms with Crippen molar-refractivity contribution < 1.29 is 14.6 Å². The summed E-state index contributed by atoms with van der Waals surface area (Å²) in [6.07, 6.45) is 0. The van der Waals surface area contributed by atoms with Crippen molar-refractivity contribution in [3.8, 4) is 0 Å². The number of nitrogens with zero attached hydrogens (tertiary/aromatic N) is 4. The van der Waals surface area contributed by atoms with Crippen LogP contribution in [0.1, 0.15) is 11.1 Å². The minimum atomic E-state index is -1.81. The standard InChI is InChI=1S/C26H20N4O3/c1-18-7-11-22(12-8-18)29-24(31)30(23-13-9-20(27-2)10-14-23)26(32,25(29)16-33-17-25)19-5-4-6-21(15-19)28-3/h4-15,32H,16-17H2,1H3. The first-order valence-corrected chi connectivity index (χ1v) is 10.4. The number of urea groups is 1. The molecule has 2 aliphatic rings. The first-order chi connectivity index (χ1) is 15.9. The number of amides is 2. The third kappa shape index (κ3) is 2.84. The molecule has 33 heavy (non-hydrogen) atoms. The summed E-state index contributed by atoms with van der Waals surface area (Å²) in [4.78, 5) is 23.9. The second-order valence-corrected chi connectivity index (χ2v) is 8.28. The number of ether oxygens (including phenoxy) is 1. The van der Waals surface area contributed by atoms with E-state index in [1.807, 2.05) is 31.2 Å². The number of benzene rings is 3. The molecule has 0 aliphatic carbocycles. The van der Waals surface area contributed by atoms with Crippen LogP contribution in [0.5, 0.6) is 0 Å². The van der Waals surface area contributed by atoms with Gasteiger partial charge in [0.05, 0.1) is 26.4 Å².